The number of aromatic nitrogens is 2. The van der Waals surface area contributed by atoms with E-state index in [1.165, 1.54) is 6.92 Å². The van der Waals surface area contributed by atoms with Gasteiger partial charge in [0.05, 0.1) is 0 Å². The molecule has 3 rings (SSSR count). The molecule has 0 radical (unpaired) electrons. The summed E-state index contributed by atoms with van der Waals surface area (Å²) in [5.41, 5.74) is 1.24. The Morgan fingerprint density at radius 2 is 1.53 bits per heavy atom. The van der Waals surface area contributed by atoms with Gasteiger partial charge >= 0.3 is 6.03 Å². The zero-order chi connectivity index (χ0) is 21.3. The van der Waals surface area contributed by atoms with Crippen molar-refractivity contribution in [1.82, 2.24) is 20.2 Å². The average molecular weight is 411 g/mol. The fourth-order valence-corrected chi connectivity index (χ4v) is 3.07. The summed E-state index contributed by atoms with van der Waals surface area (Å²) in [4.78, 5) is 47.7. The SMILES string of the molecule is CC(=O)Nc1ccc(NC(=O)NCCC(=O)N2CCN(c3ncccn3)CC2)cc1. The Balaban J connectivity index is 1.35. The van der Waals surface area contributed by atoms with E-state index in [4.69, 9.17) is 0 Å². The van der Waals surface area contributed by atoms with E-state index in [0.717, 1.165) is 0 Å². The minimum atomic E-state index is -0.388. The predicted molar refractivity (Wildman–Crippen MR) is 113 cm³/mol. The largest absolute Gasteiger partial charge is 0.339 e. The molecule has 1 aliphatic heterocycles. The summed E-state index contributed by atoms with van der Waals surface area (Å²) < 4.78 is 0. The second-order valence-electron chi connectivity index (χ2n) is 6.81. The lowest BCUT2D eigenvalue weighted by atomic mass is 10.2. The Hall–Kier alpha value is -3.69. The van der Waals surface area contributed by atoms with Gasteiger partial charge in [-0.25, -0.2) is 14.8 Å². The van der Waals surface area contributed by atoms with Gasteiger partial charge in [-0.05, 0) is 30.3 Å². The van der Waals surface area contributed by atoms with Gasteiger partial charge in [0.15, 0.2) is 0 Å². The van der Waals surface area contributed by atoms with Crippen molar-refractivity contribution in [3.63, 3.8) is 0 Å². The van der Waals surface area contributed by atoms with Gasteiger partial charge in [0, 0.05) is 69.8 Å². The zero-order valence-electron chi connectivity index (χ0n) is 16.8. The van der Waals surface area contributed by atoms with Crippen LogP contribution in [0.15, 0.2) is 42.7 Å². The molecule has 0 unspecified atom stereocenters. The maximum absolute atomic E-state index is 12.4. The summed E-state index contributed by atoms with van der Waals surface area (Å²) in [6.45, 7) is 4.24. The second-order valence-corrected chi connectivity index (χ2v) is 6.81. The maximum Gasteiger partial charge on any atom is 0.319 e. The van der Waals surface area contributed by atoms with Gasteiger partial charge in [0.1, 0.15) is 0 Å². The molecule has 1 aliphatic rings. The first kappa shape index (κ1) is 21.0. The number of piperazine rings is 1. The van der Waals surface area contributed by atoms with Crippen molar-refractivity contribution < 1.29 is 14.4 Å². The predicted octanol–water partition coefficient (Wildman–Crippen LogP) is 1.30. The molecule has 10 heteroatoms. The molecule has 0 spiro atoms. The lowest BCUT2D eigenvalue weighted by molar-refractivity contribution is -0.131. The Morgan fingerprint density at radius 1 is 0.933 bits per heavy atom. The van der Waals surface area contributed by atoms with Gasteiger partial charge in [-0.1, -0.05) is 0 Å². The number of amides is 4. The van der Waals surface area contributed by atoms with Gasteiger partial charge < -0.3 is 25.8 Å². The van der Waals surface area contributed by atoms with Gasteiger partial charge in [-0.2, -0.15) is 0 Å². The minimum Gasteiger partial charge on any atom is -0.339 e. The number of carbonyl (C=O) groups excluding carboxylic acids is 3. The Kier molecular flexibility index (Phi) is 7.14. The van der Waals surface area contributed by atoms with Crippen LogP contribution in [0.3, 0.4) is 0 Å². The van der Waals surface area contributed by atoms with E-state index in [1.807, 2.05) is 4.90 Å². The van der Waals surface area contributed by atoms with Crippen molar-refractivity contribution in [2.75, 3.05) is 48.3 Å². The number of nitrogens with one attached hydrogen (secondary N) is 3. The Bertz CT molecular complexity index is 866. The van der Waals surface area contributed by atoms with Gasteiger partial charge in [0.25, 0.3) is 0 Å². The molecular weight excluding hydrogens is 386 g/mol. The zero-order valence-corrected chi connectivity index (χ0v) is 16.8. The molecule has 10 nitrogen and oxygen atoms in total. The number of nitrogens with zero attached hydrogens (tertiary/aromatic N) is 4. The number of carbonyl (C=O) groups is 3. The molecule has 1 fully saturated rings. The quantitative estimate of drug-likeness (QED) is 0.659. The molecule has 3 N–H and O–H groups in total. The first-order valence-corrected chi connectivity index (χ1v) is 9.73. The molecule has 158 valence electrons. The van der Waals surface area contributed by atoms with E-state index >= 15 is 0 Å². The summed E-state index contributed by atoms with van der Waals surface area (Å²) in [7, 11) is 0. The molecule has 1 saturated heterocycles. The van der Waals surface area contributed by atoms with Crippen LogP contribution in [0.1, 0.15) is 13.3 Å². The number of urea groups is 1. The van der Waals surface area contributed by atoms with E-state index in [-0.39, 0.29) is 30.8 Å². The van der Waals surface area contributed by atoms with Crippen LogP contribution in [0.25, 0.3) is 0 Å². The van der Waals surface area contributed by atoms with Crippen LogP contribution >= 0.6 is 0 Å². The third-order valence-corrected chi connectivity index (χ3v) is 4.55. The summed E-state index contributed by atoms with van der Waals surface area (Å²) in [6.07, 6.45) is 3.64. The fourth-order valence-electron chi connectivity index (χ4n) is 3.07. The lowest BCUT2D eigenvalue weighted by Gasteiger charge is -2.34. The topological polar surface area (TPSA) is 120 Å². The van der Waals surface area contributed by atoms with E-state index in [0.29, 0.717) is 43.5 Å². The van der Waals surface area contributed by atoms with Crippen LogP contribution in [0.4, 0.5) is 22.1 Å². The first-order valence-electron chi connectivity index (χ1n) is 9.73. The molecule has 1 aromatic heterocycles. The van der Waals surface area contributed by atoms with E-state index in [1.54, 1.807) is 47.6 Å². The van der Waals surface area contributed by atoms with Crippen molar-refractivity contribution in [2.45, 2.75) is 13.3 Å². The van der Waals surface area contributed by atoms with Crippen LogP contribution in [0.2, 0.25) is 0 Å². The third kappa shape index (κ3) is 6.16. The van der Waals surface area contributed by atoms with Crippen LogP contribution < -0.4 is 20.9 Å². The number of benzene rings is 1. The Labute approximate surface area is 174 Å². The smallest absolute Gasteiger partial charge is 0.319 e. The maximum atomic E-state index is 12.4. The monoisotopic (exact) mass is 411 g/mol. The van der Waals surface area contributed by atoms with Crippen LogP contribution in [-0.2, 0) is 9.59 Å². The van der Waals surface area contributed by atoms with Gasteiger partial charge in [0.2, 0.25) is 17.8 Å². The summed E-state index contributed by atoms with van der Waals surface area (Å²) in [5.74, 6) is 0.518. The summed E-state index contributed by atoms with van der Waals surface area (Å²) >= 11 is 0. The highest BCUT2D eigenvalue weighted by atomic mass is 16.2. The number of rotatable bonds is 6. The normalized spacial score (nSPS) is 13.5. The molecule has 0 bridgehead atoms. The molecule has 0 atom stereocenters. The summed E-state index contributed by atoms with van der Waals surface area (Å²) in [6, 6.07) is 8.15. The minimum absolute atomic E-state index is 0.00332. The molecule has 30 heavy (non-hydrogen) atoms. The highest BCUT2D eigenvalue weighted by Gasteiger charge is 2.22. The summed E-state index contributed by atoms with van der Waals surface area (Å²) in [5, 5.41) is 8.03. The second kappa shape index (κ2) is 10.2. The van der Waals surface area contributed by atoms with Crippen molar-refractivity contribution in [3.8, 4) is 0 Å². The first-order chi connectivity index (χ1) is 14.5. The average Bonchev–Trinajstić information content (AvgIpc) is 2.75. The number of anilines is 3. The third-order valence-electron chi connectivity index (χ3n) is 4.55. The molecule has 0 aliphatic carbocycles. The van der Waals surface area contributed by atoms with Gasteiger partial charge in [-0.15, -0.1) is 0 Å². The van der Waals surface area contributed by atoms with Crippen LogP contribution in [0, 0.1) is 0 Å². The van der Waals surface area contributed by atoms with Crippen molar-refractivity contribution in [2.24, 2.45) is 0 Å². The molecule has 0 saturated carbocycles. The molecule has 4 amide bonds. The standard InChI is InChI=1S/C20H25N7O3/c1-15(28)24-16-3-5-17(6-4-16)25-20(30)23-10-7-18(29)26-11-13-27(14-12-26)19-21-8-2-9-22-19/h2-6,8-9H,7,10-14H2,1H3,(H,24,28)(H2,23,25,30). The molecule has 1 aromatic carbocycles. The number of hydrogen-bond acceptors (Lipinski definition) is 6. The van der Waals surface area contributed by atoms with E-state index < -0.39 is 0 Å². The van der Waals surface area contributed by atoms with Crippen LogP contribution in [0.5, 0.6) is 0 Å². The van der Waals surface area contributed by atoms with E-state index in [2.05, 4.69) is 25.9 Å². The van der Waals surface area contributed by atoms with Crippen molar-refractivity contribution in [3.05, 3.63) is 42.7 Å². The highest BCUT2D eigenvalue weighted by Crippen LogP contribution is 2.13. The van der Waals surface area contributed by atoms with Crippen molar-refractivity contribution >= 4 is 35.2 Å². The van der Waals surface area contributed by atoms with Gasteiger partial charge in [-0.3, -0.25) is 9.59 Å². The number of hydrogen-bond donors (Lipinski definition) is 3. The fraction of sp³-hybridized carbons (Fsp3) is 0.350. The highest BCUT2D eigenvalue weighted by molar-refractivity contribution is 5.91. The molecule has 2 aromatic rings. The van der Waals surface area contributed by atoms with E-state index in [9.17, 15) is 14.4 Å². The molecular formula is C20H25N7O3. The van der Waals surface area contributed by atoms with Crippen LogP contribution in [-0.4, -0.2) is 65.4 Å². The Morgan fingerprint density at radius 3 is 2.13 bits per heavy atom. The van der Waals surface area contributed by atoms with Crippen molar-refractivity contribution in [1.29, 1.82) is 0 Å². The molecule has 2 heterocycles. The lowest BCUT2D eigenvalue weighted by Crippen LogP contribution is -2.49.